The Morgan fingerprint density at radius 1 is 1.21 bits per heavy atom. The number of carboxylic acid groups (broad SMARTS) is 1. The first-order valence-electron chi connectivity index (χ1n) is 6.26. The molecule has 0 amide bonds. The van der Waals surface area contributed by atoms with E-state index in [4.69, 9.17) is 9.84 Å². The van der Waals surface area contributed by atoms with Gasteiger partial charge >= 0.3 is 5.97 Å². The first kappa shape index (κ1) is 15.2. The fourth-order valence-electron chi connectivity index (χ4n) is 1.40. The van der Waals surface area contributed by atoms with Crippen LogP contribution in [0.5, 0.6) is 5.75 Å². The SMILES string of the molecule is CC(=O)CCc1ccc(OCC(C)(C)C(=O)O)cc1. The highest BCUT2D eigenvalue weighted by atomic mass is 16.5. The predicted molar refractivity (Wildman–Crippen MR) is 72.4 cm³/mol. The number of hydrogen-bond acceptors (Lipinski definition) is 3. The van der Waals surface area contributed by atoms with E-state index in [-0.39, 0.29) is 12.4 Å². The van der Waals surface area contributed by atoms with E-state index in [0.717, 1.165) is 12.0 Å². The van der Waals surface area contributed by atoms with Crippen LogP contribution in [0.3, 0.4) is 0 Å². The van der Waals surface area contributed by atoms with Crippen molar-refractivity contribution in [1.82, 2.24) is 0 Å². The second-order valence-corrected chi connectivity index (χ2v) is 5.32. The second-order valence-electron chi connectivity index (χ2n) is 5.32. The van der Waals surface area contributed by atoms with Crippen molar-refractivity contribution < 1.29 is 19.4 Å². The predicted octanol–water partition coefficient (Wildman–Crippen LogP) is 2.70. The first-order chi connectivity index (χ1) is 8.81. The van der Waals surface area contributed by atoms with Gasteiger partial charge in [0, 0.05) is 6.42 Å². The standard InChI is InChI=1S/C15H20O4/c1-11(16)4-5-12-6-8-13(9-7-12)19-10-15(2,3)14(17)18/h6-9H,4-5,10H2,1-3H3,(H,17,18). The molecule has 0 aliphatic rings. The minimum absolute atomic E-state index is 0.120. The van der Waals surface area contributed by atoms with Crippen LogP contribution in [0.4, 0.5) is 0 Å². The van der Waals surface area contributed by atoms with E-state index in [2.05, 4.69) is 0 Å². The number of aliphatic carboxylic acids is 1. The van der Waals surface area contributed by atoms with Crippen molar-refractivity contribution in [3.05, 3.63) is 29.8 Å². The topological polar surface area (TPSA) is 63.6 Å². The molecule has 0 fully saturated rings. The summed E-state index contributed by atoms with van der Waals surface area (Å²) in [4.78, 5) is 21.8. The van der Waals surface area contributed by atoms with Gasteiger partial charge in [-0.15, -0.1) is 0 Å². The maximum atomic E-state index is 10.9. The molecule has 0 saturated heterocycles. The normalized spacial score (nSPS) is 11.1. The van der Waals surface area contributed by atoms with Crippen LogP contribution in [0.2, 0.25) is 0 Å². The third-order valence-corrected chi connectivity index (χ3v) is 2.87. The fourth-order valence-corrected chi connectivity index (χ4v) is 1.40. The molecule has 1 aromatic rings. The minimum atomic E-state index is -0.909. The van der Waals surface area contributed by atoms with E-state index >= 15 is 0 Å². The summed E-state index contributed by atoms with van der Waals surface area (Å²) in [5, 5.41) is 8.97. The van der Waals surface area contributed by atoms with Crippen LogP contribution in [0.25, 0.3) is 0 Å². The molecule has 0 radical (unpaired) electrons. The number of hydrogen-bond donors (Lipinski definition) is 1. The molecule has 1 aromatic carbocycles. The molecule has 0 unspecified atom stereocenters. The van der Waals surface area contributed by atoms with Gasteiger partial charge in [0.1, 0.15) is 18.1 Å². The van der Waals surface area contributed by atoms with Crippen LogP contribution in [0, 0.1) is 5.41 Å². The van der Waals surface area contributed by atoms with E-state index in [1.54, 1.807) is 32.9 Å². The van der Waals surface area contributed by atoms with E-state index in [1.165, 1.54) is 0 Å². The molecule has 0 aliphatic carbocycles. The maximum Gasteiger partial charge on any atom is 0.312 e. The summed E-state index contributed by atoms with van der Waals surface area (Å²) >= 11 is 0. The van der Waals surface area contributed by atoms with Crippen molar-refractivity contribution in [3.8, 4) is 5.75 Å². The smallest absolute Gasteiger partial charge is 0.312 e. The lowest BCUT2D eigenvalue weighted by atomic mass is 9.95. The third-order valence-electron chi connectivity index (χ3n) is 2.87. The number of aryl methyl sites for hydroxylation is 1. The molecule has 0 spiro atoms. The monoisotopic (exact) mass is 264 g/mol. The van der Waals surface area contributed by atoms with Crippen molar-refractivity contribution in [3.63, 3.8) is 0 Å². The molecule has 104 valence electrons. The average Bonchev–Trinajstić information content (AvgIpc) is 2.35. The van der Waals surface area contributed by atoms with Gasteiger partial charge in [0.2, 0.25) is 0 Å². The van der Waals surface area contributed by atoms with Crippen molar-refractivity contribution >= 4 is 11.8 Å². The molecule has 4 heteroatoms. The van der Waals surface area contributed by atoms with E-state index in [9.17, 15) is 9.59 Å². The van der Waals surface area contributed by atoms with Crippen LogP contribution in [-0.2, 0) is 16.0 Å². The number of ether oxygens (including phenoxy) is 1. The molecule has 0 aromatic heterocycles. The first-order valence-corrected chi connectivity index (χ1v) is 6.26. The second kappa shape index (κ2) is 6.36. The zero-order chi connectivity index (χ0) is 14.5. The summed E-state index contributed by atoms with van der Waals surface area (Å²) in [6, 6.07) is 7.39. The molecule has 0 bridgehead atoms. The Hall–Kier alpha value is -1.84. The number of ketones is 1. The molecule has 0 atom stereocenters. The Labute approximate surface area is 113 Å². The van der Waals surface area contributed by atoms with Crippen LogP contribution in [0.15, 0.2) is 24.3 Å². The van der Waals surface area contributed by atoms with Gasteiger partial charge in [-0.05, 0) is 44.9 Å². The molecule has 19 heavy (non-hydrogen) atoms. The quantitative estimate of drug-likeness (QED) is 0.822. The van der Waals surface area contributed by atoms with Gasteiger partial charge in [-0.1, -0.05) is 12.1 Å². The van der Waals surface area contributed by atoms with Gasteiger partial charge in [-0.2, -0.15) is 0 Å². The van der Waals surface area contributed by atoms with Crippen molar-refractivity contribution in [2.45, 2.75) is 33.6 Å². The average molecular weight is 264 g/mol. The summed E-state index contributed by atoms with van der Waals surface area (Å²) in [7, 11) is 0. The lowest BCUT2D eigenvalue weighted by molar-refractivity contribution is -0.148. The van der Waals surface area contributed by atoms with E-state index in [0.29, 0.717) is 12.2 Å². The lowest BCUT2D eigenvalue weighted by Crippen LogP contribution is -2.30. The molecule has 1 rings (SSSR count). The van der Waals surface area contributed by atoms with Crippen molar-refractivity contribution in [1.29, 1.82) is 0 Å². The fraction of sp³-hybridized carbons (Fsp3) is 0.467. The lowest BCUT2D eigenvalue weighted by Gasteiger charge is -2.19. The summed E-state index contributed by atoms with van der Waals surface area (Å²) in [5.41, 5.74) is 0.160. The molecular weight excluding hydrogens is 244 g/mol. The highest BCUT2D eigenvalue weighted by Gasteiger charge is 2.28. The Morgan fingerprint density at radius 2 is 1.79 bits per heavy atom. The van der Waals surface area contributed by atoms with Gasteiger partial charge in [-0.25, -0.2) is 0 Å². The Bertz CT molecular complexity index is 446. The summed E-state index contributed by atoms with van der Waals surface area (Å²) in [5.74, 6) is -0.0741. The highest BCUT2D eigenvalue weighted by Crippen LogP contribution is 2.19. The van der Waals surface area contributed by atoms with Gasteiger partial charge < -0.3 is 14.6 Å². The van der Waals surface area contributed by atoms with E-state index < -0.39 is 11.4 Å². The Kier molecular flexibility index (Phi) is 5.10. The van der Waals surface area contributed by atoms with Gasteiger partial charge in [0.25, 0.3) is 0 Å². The molecule has 4 nitrogen and oxygen atoms in total. The van der Waals surface area contributed by atoms with Crippen molar-refractivity contribution in [2.24, 2.45) is 5.41 Å². The minimum Gasteiger partial charge on any atom is -0.492 e. The molecule has 0 heterocycles. The largest absolute Gasteiger partial charge is 0.492 e. The van der Waals surface area contributed by atoms with Gasteiger partial charge in [0.05, 0.1) is 5.41 Å². The number of benzene rings is 1. The van der Waals surface area contributed by atoms with Gasteiger partial charge in [-0.3, -0.25) is 4.79 Å². The van der Waals surface area contributed by atoms with Crippen LogP contribution >= 0.6 is 0 Å². The van der Waals surface area contributed by atoms with Gasteiger partial charge in [0.15, 0.2) is 0 Å². The van der Waals surface area contributed by atoms with E-state index in [1.807, 2.05) is 12.1 Å². The number of Topliss-reactive ketones (excluding diaryl/α,β-unsaturated/α-hetero) is 1. The highest BCUT2D eigenvalue weighted by molar-refractivity contribution is 5.75. The number of rotatable bonds is 7. The summed E-state index contributed by atoms with van der Waals surface area (Å²) in [6.07, 6.45) is 1.25. The molecule has 0 aliphatic heterocycles. The molecule has 0 saturated carbocycles. The summed E-state index contributed by atoms with van der Waals surface area (Å²) in [6.45, 7) is 4.94. The Morgan fingerprint density at radius 3 is 2.26 bits per heavy atom. The Balaban J connectivity index is 2.53. The summed E-state index contributed by atoms with van der Waals surface area (Å²) < 4.78 is 5.46. The number of carbonyl (C=O) groups is 2. The molecule has 1 N–H and O–H groups in total. The zero-order valence-corrected chi connectivity index (χ0v) is 11.6. The number of carbonyl (C=O) groups excluding carboxylic acids is 1. The van der Waals surface area contributed by atoms with Crippen LogP contribution in [-0.4, -0.2) is 23.5 Å². The third kappa shape index (κ3) is 5.12. The van der Waals surface area contributed by atoms with Crippen LogP contribution < -0.4 is 4.74 Å². The number of carboxylic acids is 1. The zero-order valence-electron chi connectivity index (χ0n) is 11.6. The molecular formula is C15H20O4. The maximum absolute atomic E-state index is 10.9. The van der Waals surface area contributed by atoms with Crippen molar-refractivity contribution in [2.75, 3.05) is 6.61 Å². The van der Waals surface area contributed by atoms with Crippen LogP contribution in [0.1, 0.15) is 32.8 Å².